The van der Waals surface area contributed by atoms with E-state index < -0.39 is 0 Å². The summed E-state index contributed by atoms with van der Waals surface area (Å²) in [6.45, 7) is 3.57. The number of hydrogen-bond donors (Lipinski definition) is 1. The van der Waals surface area contributed by atoms with E-state index in [1.165, 1.54) is 7.11 Å². The Morgan fingerprint density at radius 1 is 1.59 bits per heavy atom. The van der Waals surface area contributed by atoms with Crippen molar-refractivity contribution in [3.63, 3.8) is 0 Å². The van der Waals surface area contributed by atoms with Crippen molar-refractivity contribution in [2.45, 2.75) is 38.0 Å². The van der Waals surface area contributed by atoms with Crippen molar-refractivity contribution >= 4 is 5.97 Å². The van der Waals surface area contributed by atoms with Gasteiger partial charge in [0.1, 0.15) is 0 Å². The van der Waals surface area contributed by atoms with Crippen molar-refractivity contribution in [3.05, 3.63) is 0 Å². The van der Waals surface area contributed by atoms with Gasteiger partial charge in [-0.05, 0) is 27.4 Å². The second kappa shape index (κ2) is 6.33. The molecule has 1 saturated heterocycles. The van der Waals surface area contributed by atoms with Crippen LogP contribution in [0.5, 0.6) is 0 Å². The molecule has 0 saturated carbocycles. The van der Waals surface area contributed by atoms with Crippen molar-refractivity contribution in [2.24, 2.45) is 0 Å². The van der Waals surface area contributed by atoms with Gasteiger partial charge in [-0.3, -0.25) is 9.69 Å². The maximum atomic E-state index is 11.3. The lowest BCUT2D eigenvalue weighted by Gasteiger charge is -2.31. The van der Waals surface area contributed by atoms with Crippen LogP contribution in [0.2, 0.25) is 0 Å². The Hall–Kier alpha value is -0.650. The SMILES string of the molecule is COC(=O)CC(C)N1CC(O)CC1CN(C)C. The van der Waals surface area contributed by atoms with Gasteiger partial charge in [-0.1, -0.05) is 0 Å². The molecule has 0 amide bonds. The van der Waals surface area contributed by atoms with Crippen LogP contribution in [0.3, 0.4) is 0 Å². The first-order valence-corrected chi connectivity index (χ1v) is 6.09. The monoisotopic (exact) mass is 244 g/mol. The third-order valence-corrected chi connectivity index (χ3v) is 3.27. The Bertz CT molecular complexity index is 258. The lowest BCUT2D eigenvalue weighted by molar-refractivity contribution is -0.142. The summed E-state index contributed by atoms with van der Waals surface area (Å²) in [5.74, 6) is -0.192. The highest BCUT2D eigenvalue weighted by Gasteiger charge is 2.34. The van der Waals surface area contributed by atoms with Crippen molar-refractivity contribution in [2.75, 3.05) is 34.3 Å². The number of methoxy groups -OCH3 is 1. The fraction of sp³-hybridized carbons (Fsp3) is 0.917. The quantitative estimate of drug-likeness (QED) is 0.686. The number of likely N-dealkylation sites (tertiary alicyclic amines) is 1. The first kappa shape index (κ1) is 14.4. The number of hydrogen-bond acceptors (Lipinski definition) is 5. The summed E-state index contributed by atoms with van der Waals surface area (Å²) in [6, 6.07) is 0.434. The summed E-state index contributed by atoms with van der Waals surface area (Å²) in [5.41, 5.74) is 0. The van der Waals surface area contributed by atoms with Gasteiger partial charge in [0.2, 0.25) is 0 Å². The number of carbonyl (C=O) groups excluding carboxylic acids is 1. The summed E-state index contributed by atoms with van der Waals surface area (Å²) in [5, 5.41) is 9.75. The van der Waals surface area contributed by atoms with Gasteiger partial charge in [-0.2, -0.15) is 0 Å². The molecule has 0 aromatic rings. The predicted molar refractivity (Wildman–Crippen MR) is 65.8 cm³/mol. The van der Waals surface area contributed by atoms with E-state index in [-0.39, 0.29) is 18.1 Å². The molecule has 0 aliphatic carbocycles. The Morgan fingerprint density at radius 2 is 2.24 bits per heavy atom. The molecule has 100 valence electrons. The smallest absolute Gasteiger partial charge is 0.307 e. The summed E-state index contributed by atoms with van der Waals surface area (Å²) >= 11 is 0. The van der Waals surface area contributed by atoms with Crippen LogP contribution in [0.4, 0.5) is 0 Å². The van der Waals surface area contributed by atoms with Gasteiger partial charge in [0.05, 0.1) is 19.6 Å². The molecule has 1 aliphatic rings. The average molecular weight is 244 g/mol. The molecule has 0 bridgehead atoms. The van der Waals surface area contributed by atoms with Crippen LogP contribution >= 0.6 is 0 Å². The highest BCUT2D eigenvalue weighted by atomic mass is 16.5. The molecule has 17 heavy (non-hydrogen) atoms. The number of aliphatic hydroxyl groups is 1. The van der Waals surface area contributed by atoms with Crippen molar-refractivity contribution in [1.29, 1.82) is 0 Å². The summed E-state index contributed by atoms with van der Waals surface area (Å²) in [4.78, 5) is 15.6. The lowest BCUT2D eigenvalue weighted by Crippen LogP contribution is -2.43. The number of likely N-dealkylation sites (N-methyl/N-ethyl adjacent to an activating group) is 1. The van der Waals surface area contributed by atoms with E-state index in [1.807, 2.05) is 21.0 Å². The largest absolute Gasteiger partial charge is 0.469 e. The highest BCUT2D eigenvalue weighted by molar-refractivity contribution is 5.69. The topological polar surface area (TPSA) is 53.0 Å². The average Bonchev–Trinajstić information content (AvgIpc) is 2.58. The molecule has 0 spiro atoms. The molecular formula is C12H24N2O3. The summed E-state index contributed by atoms with van der Waals surface area (Å²) in [7, 11) is 5.45. The number of ether oxygens (including phenoxy) is 1. The zero-order chi connectivity index (χ0) is 13.0. The Morgan fingerprint density at radius 3 is 2.76 bits per heavy atom. The molecule has 0 aromatic heterocycles. The molecule has 3 atom stereocenters. The van der Waals surface area contributed by atoms with Crippen LogP contribution < -0.4 is 0 Å². The number of carbonyl (C=O) groups is 1. The number of β-amino-alcohol motifs (C(OH)–C–C–N with tert-alkyl or cyclic N) is 1. The van der Waals surface area contributed by atoms with E-state index in [4.69, 9.17) is 0 Å². The summed E-state index contributed by atoms with van der Waals surface area (Å²) < 4.78 is 4.69. The Kier molecular flexibility index (Phi) is 5.36. The van der Waals surface area contributed by atoms with Crippen LogP contribution in [-0.2, 0) is 9.53 Å². The van der Waals surface area contributed by atoms with Gasteiger partial charge in [0, 0.05) is 25.2 Å². The van der Waals surface area contributed by atoms with Crippen molar-refractivity contribution < 1.29 is 14.6 Å². The zero-order valence-corrected chi connectivity index (χ0v) is 11.2. The van der Waals surface area contributed by atoms with Gasteiger partial charge >= 0.3 is 5.97 Å². The molecular weight excluding hydrogens is 220 g/mol. The van der Waals surface area contributed by atoms with Crippen LogP contribution in [0, 0.1) is 0 Å². The van der Waals surface area contributed by atoms with E-state index >= 15 is 0 Å². The van der Waals surface area contributed by atoms with Crippen molar-refractivity contribution in [3.8, 4) is 0 Å². The first-order valence-electron chi connectivity index (χ1n) is 6.09. The molecule has 1 fully saturated rings. The standard InChI is InChI=1S/C12H24N2O3/c1-9(5-12(16)17-4)14-8-11(15)6-10(14)7-13(2)3/h9-11,15H,5-8H2,1-4H3. The minimum Gasteiger partial charge on any atom is -0.469 e. The maximum absolute atomic E-state index is 11.3. The van der Waals surface area contributed by atoms with Crippen LogP contribution in [0.15, 0.2) is 0 Å². The number of aliphatic hydroxyl groups excluding tert-OH is 1. The van der Waals surface area contributed by atoms with Gasteiger partial charge in [-0.25, -0.2) is 0 Å². The van der Waals surface area contributed by atoms with Gasteiger partial charge in [0.25, 0.3) is 0 Å². The van der Waals surface area contributed by atoms with Crippen LogP contribution in [0.1, 0.15) is 19.8 Å². The second-order valence-corrected chi connectivity index (χ2v) is 5.13. The van der Waals surface area contributed by atoms with Crippen molar-refractivity contribution in [1.82, 2.24) is 9.80 Å². The summed E-state index contributed by atoms with van der Waals surface area (Å²) in [6.07, 6.45) is 0.886. The normalized spacial score (nSPS) is 27.4. The third-order valence-electron chi connectivity index (χ3n) is 3.27. The van der Waals surface area contributed by atoms with Crippen LogP contribution in [0.25, 0.3) is 0 Å². The molecule has 0 aromatic carbocycles. The van der Waals surface area contributed by atoms with E-state index in [9.17, 15) is 9.90 Å². The van der Waals surface area contributed by atoms with Gasteiger partial charge in [0.15, 0.2) is 0 Å². The van der Waals surface area contributed by atoms with E-state index in [0.717, 1.165) is 13.0 Å². The molecule has 1 heterocycles. The number of esters is 1. The molecule has 3 unspecified atom stereocenters. The Balaban J connectivity index is 2.56. The lowest BCUT2D eigenvalue weighted by atomic mass is 10.1. The number of rotatable bonds is 5. The fourth-order valence-corrected chi connectivity index (χ4v) is 2.50. The first-order chi connectivity index (χ1) is 7.93. The zero-order valence-electron chi connectivity index (χ0n) is 11.2. The molecule has 0 radical (unpaired) electrons. The second-order valence-electron chi connectivity index (χ2n) is 5.13. The van der Waals surface area contributed by atoms with E-state index in [1.54, 1.807) is 0 Å². The molecule has 5 heteroatoms. The molecule has 5 nitrogen and oxygen atoms in total. The highest BCUT2D eigenvalue weighted by Crippen LogP contribution is 2.22. The van der Waals surface area contributed by atoms with Gasteiger partial charge in [-0.15, -0.1) is 0 Å². The number of nitrogens with zero attached hydrogens (tertiary/aromatic N) is 2. The molecule has 1 rings (SSSR count). The fourth-order valence-electron chi connectivity index (χ4n) is 2.50. The van der Waals surface area contributed by atoms with E-state index in [2.05, 4.69) is 14.5 Å². The minimum absolute atomic E-state index is 0.115. The van der Waals surface area contributed by atoms with Gasteiger partial charge < -0.3 is 14.7 Å². The van der Waals surface area contributed by atoms with E-state index in [0.29, 0.717) is 19.0 Å². The predicted octanol–water partition coefficient (Wildman–Crippen LogP) is -0.0652. The minimum atomic E-state index is -0.278. The third kappa shape index (κ3) is 4.26. The molecule has 1 aliphatic heterocycles. The van der Waals surface area contributed by atoms with Crippen LogP contribution in [-0.4, -0.2) is 73.4 Å². The Labute approximate surface area is 103 Å². The maximum Gasteiger partial charge on any atom is 0.307 e. The molecule has 1 N–H and O–H groups in total.